The molecule has 1 atom stereocenters. The van der Waals surface area contributed by atoms with Crippen LogP contribution in [-0.2, 0) is 0 Å². The van der Waals surface area contributed by atoms with E-state index in [4.69, 9.17) is 4.42 Å². The fourth-order valence-corrected chi connectivity index (χ4v) is 2.41. The van der Waals surface area contributed by atoms with Crippen LogP contribution >= 0.6 is 0 Å². The summed E-state index contributed by atoms with van der Waals surface area (Å²) in [6.45, 7) is 1.84. The highest BCUT2D eigenvalue weighted by Crippen LogP contribution is 2.30. The molecule has 1 aliphatic carbocycles. The van der Waals surface area contributed by atoms with Gasteiger partial charge in [-0.3, -0.25) is 4.79 Å². The van der Waals surface area contributed by atoms with Crippen LogP contribution in [0.2, 0.25) is 0 Å². The average molecular weight is 304 g/mol. The molecule has 1 aromatic carbocycles. The Morgan fingerprint density at radius 1 is 1.45 bits per heavy atom. The minimum atomic E-state index is -0.864. The van der Waals surface area contributed by atoms with Gasteiger partial charge in [0.15, 0.2) is 12.1 Å². The molecule has 22 heavy (non-hydrogen) atoms. The van der Waals surface area contributed by atoms with E-state index >= 15 is 0 Å². The molecule has 6 heteroatoms. The van der Waals surface area contributed by atoms with Crippen molar-refractivity contribution < 1.29 is 18.7 Å². The molecule has 1 N–H and O–H groups in total. The molecule has 0 aliphatic heterocycles. The molecule has 0 bridgehead atoms. The zero-order valence-corrected chi connectivity index (χ0v) is 12.2. The van der Waals surface area contributed by atoms with Gasteiger partial charge in [0.1, 0.15) is 11.6 Å². The number of hydrogen-bond donors (Lipinski definition) is 1. The topological polar surface area (TPSA) is 66.6 Å². The van der Waals surface area contributed by atoms with Crippen LogP contribution in [0.5, 0.6) is 0 Å². The molecule has 1 amide bonds. The largest absolute Gasteiger partial charge is 0.448 e. The first-order valence-corrected chi connectivity index (χ1v) is 7.21. The number of aliphatic hydroxyl groups excluding tert-OH is 1. The molecule has 1 saturated carbocycles. The second-order valence-electron chi connectivity index (χ2n) is 5.51. The summed E-state index contributed by atoms with van der Waals surface area (Å²) >= 11 is 0. The summed E-state index contributed by atoms with van der Waals surface area (Å²) in [6.07, 6.45) is 2.21. The van der Waals surface area contributed by atoms with Gasteiger partial charge in [0.2, 0.25) is 0 Å². The highest BCUT2D eigenvalue weighted by Gasteiger charge is 2.36. The predicted molar refractivity (Wildman–Crippen MR) is 76.7 cm³/mol. The van der Waals surface area contributed by atoms with Crippen molar-refractivity contribution in [3.8, 4) is 0 Å². The van der Waals surface area contributed by atoms with Crippen LogP contribution in [0.25, 0.3) is 0 Å². The molecule has 1 heterocycles. The van der Waals surface area contributed by atoms with Crippen LogP contribution in [0.1, 0.15) is 40.8 Å². The number of aliphatic hydroxyl groups is 1. The summed E-state index contributed by atoms with van der Waals surface area (Å²) in [6, 6.07) is 5.76. The Labute approximate surface area is 127 Å². The molecule has 3 rings (SSSR count). The third-order valence-electron chi connectivity index (χ3n) is 3.82. The molecule has 5 nitrogen and oxygen atoms in total. The standard InChI is InChI=1S/C16H17FN2O3/c1-10-15(18-9-22-10)16(21)19(13-6-7-13)8-14(20)11-2-4-12(17)5-3-11/h2-5,9,13-14,20H,6-8H2,1H3. The maximum Gasteiger partial charge on any atom is 0.276 e. The van der Waals surface area contributed by atoms with Crippen LogP contribution in [0.4, 0.5) is 4.39 Å². The van der Waals surface area contributed by atoms with E-state index < -0.39 is 6.10 Å². The zero-order chi connectivity index (χ0) is 15.7. The number of hydrogen-bond acceptors (Lipinski definition) is 4. The van der Waals surface area contributed by atoms with Crippen molar-refractivity contribution in [1.29, 1.82) is 0 Å². The van der Waals surface area contributed by atoms with Crippen molar-refractivity contribution in [2.24, 2.45) is 0 Å². The lowest BCUT2D eigenvalue weighted by atomic mass is 10.1. The zero-order valence-electron chi connectivity index (χ0n) is 12.2. The Morgan fingerprint density at radius 3 is 2.68 bits per heavy atom. The number of benzene rings is 1. The molecule has 0 saturated heterocycles. The molecule has 0 spiro atoms. The van der Waals surface area contributed by atoms with Gasteiger partial charge in [-0.05, 0) is 37.5 Å². The van der Waals surface area contributed by atoms with Crippen molar-refractivity contribution >= 4 is 5.91 Å². The normalized spacial score (nSPS) is 15.6. The third kappa shape index (κ3) is 3.01. The Morgan fingerprint density at radius 2 is 2.14 bits per heavy atom. The lowest BCUT2D eigenvalue weighted by Crippen LogP contribution is -2.37. The summed E-state index contributed by atoms with van der Waals surface area (Å²) < 4.78 is 18.0. The van der Waals surface area contributed by atoms with Gasteiger partial charge >= 0.3 is 0 Å². The molecule has 116 valence electrons. The number of carbonyl (C=O) groups is 1. The number of rotatable bonds is 5. The second kappa shape index (κ2) is 5.88. The van der Waals surface area contributed by atoms with Gasteiger partial charge in [0.05, 0.1) is 12.6 Å². The van der Waals surface area contributed by atoms with E-state index in [-0.39, 0.29) is 30.0 Å². The summed E-state index contributed by atoms with van der Waals surface area (Å²) in [5, 5.41) is 10.3. The molecule has 1 fully saturated rings. The first-order valence-electron chi connectivity index (χ1n) is 7.21. The van der Waals surface area contributed by atoms with Gasteiger partial charge in [-0.15, -0.1) is 0 Å². The summed E-state index contributed by atoms with van der Waals surface area (Å²) in [5.41, 5.74) is 0.856. The van der Waals surface area contributed by atoms with E-state index in [0.717, 1.165) is 12.8 Å². The van der Waals surface area contributed by atoms with Crippen molar-refractivity contribution in [2.45, 2.75) is 31.9 Å². The van der Waals surface area contributed by atoms with Crippen LogP contribution in [-0.4, -0.2) is 33.5 Å². The Kier molecular flexibility index (Phi) is 3.94. The predicted octanol–water partition coefficient (Wildman–Crippen LogP) is 2.46. The van der Waals surface area contributed by atoms with Crippen molar-refractivity contribution in [1.82, 2.24) is 9.88 Å². The quantitative estimate of drug-likeness (QED) is 0.921. The molecular weight excluding hydrogens is 287 g/mol. The molecular formula is C16H17FN2O3. The number of halogens is 1. The number of oxazole rings is 1. The van der Waals surface area contributed by atoms with Crippen LogP contribution in [0, 0.1) is 12.7 Å². The van der Waals surface area contributed by atoms with Gasteiger partial charge in [-0.25, -0.2) is 9.37 Å². The monoisotopic (exact) mass is 304 g/mol. The number of carbonyl (C=O) groups excluding carboxylic acids is 1. The van der Waals surface area contributed by atoms with E-state index in [9.17, 15) is 14.3 Å². The first kappa shape index (κ1) is 14.7. The number of aromatic nitrogens is 1. The van der Waals surface area contributed by atoms with Gasteiger partial charge in [-0.1, -0.05) is 12.1 Å². The summed E-state index contributed by atoms with van der Waals surface area (Å²) in [4.78, 5) is 18.1. The molecule has 1 unspecified atom stereocenters. The highest BCUT2D eigenvalue weighted by atomic mass is 19.1. The Hall–Kier alpha value is -2.21. The lowest BCUT2D eigenvalue weighted by Gasteiger charge is -2.25. The number of amides is 1. The van der Waals surface area contributed by atoms with Gasteiger partial charge in [-0.2, -0.15) is 0 Å². The van der Waals surface area contributed by atoms with Crippen LogP contribution in [0.3, 0.4) is 0 Å². The van der Waals surface area contributed by atoms with E-state index in [0.29, 0.717) is 11.3 Å². The minimum absolute atomic E-state index is 0.124. The van der Waals surface area contributed by atoms with E-state index in [1.54, 1.807) is 11.8 Å². The molecule has 2 aromatic rings. The fourth-order valence-electron chi connectivity index (χ4n) is 2.41. The van der Waals surface area contributed by atoms with Gasteiger partial charge in [0.25, 0.3) is 5.91 Å². The van der Waals surface area contributed by atoms with Gasteiger partial charge in [0, 0.05) is 6.04 Å². The second-order valence-corrected chi connectivity index (χ2v) is 5.51. The summed E-state index contributed by atoms with van der Waals surface area (Å²) in [5.74, 6) is -0.133. The van der Waals surface area contributed by atoms with Crippen LogP contribution < -0.4 is 0 Å². The lowest BCUT2D eigenvalue weighted by molar-refractivity contribution is 0.0596. The van der Waals surface area contributed by atoms with E-state index in [1.165, 1.54) is 30.7 Å². The van der Waals surface area contributed by atoms with Crippen molar-refractivity contribution in [3.63, 3.8) is 0 Å². The summed E-state index contributed by atoms with van der Waals surface area (Å²) in [7, 11) is 0. The Bertz CT molecular complexity index is 664. The minimum Gasteiger partial charge on any atom is -0.448 e. The van der Waals surface area contributed by atoms with E-state index in [1.807, 2.05) is 0 Å². The first-order chi connectivity index (χ1) is 10.6. The number of nitrogens with zero attached hydrogens (tertiary/aromatic N) is 2. The maximum atomic E-state index is 12.9. The number of aryl methyl sites for hydroxylation is 1. The van der Waals surface area contributed by atoms with Gasteiger partial charge < -0.3 is 14.4 Å². The van der Waals surface area contributed by atoms with Crippen molar-refractivity contribution in [3.05, 3.63) is 53.5 Å². The van der Waals surface area contributed by atoms with Crippen LogP contribution in [0.15, 0.2) is 35.1 Å². The van der Waals surface area contributed by atoms with E-state index in [2.05, 4.69) is 4.98 Å². The highest BCUT2D eigenvalue weighted by molar-refractivity contribution is 5.93. The van der Waals surface area contributed by atoms with Crippen molar-refractivity contribution in [2.75, 3.05) is 6.54 Å². The maximum absolute atomic E-state index is 12.9. The molecule has 0 radical (unpaired) electrons. The third-order valence-corrected chi connectivity index (χ3v) is 3.82. The molecule has 1 aromatic heterocycles. The fraction of sp³-hybridized carbons (Fsp3) is 0.375. The Balaban J connectivity index is 1.76. The molecule has 1 aliphatic rings. The smallest absolute Gasteiger partial charge is 0.276 e. The average Bonchev–Trinajstić information content (AvgIpc) is 3.26. The SMILES string of the molecule is Cc1ocnc1C(=O)N(CC(O)c1ccc(F)cc1)C1CC1.